The summed E-state index contributed by atoms with van der Waals surface area (Å²) in [6.07, 6.45) is 5.75. The normalized spacial score (nSPS) is 25.3. The summed E-state index contributed by atoms with van der Waals surface area (Å²) in [6, 6.07) is 8.51. The number of piperidine rings is 1. The maximum absolute atomic E-state index is 13.0. The molecule has 2 aliphatic heterocycles. The first kappa shape index (κ1) is 17.1. The van der Waals surface area contributed by atoms with Crippen LogP contribution in [0.5, 0.6) is 0 Å². The Bertz CT molecular complexity index is 899. The molecule has 0 radical (unpaired) electrons. The Hall–Kier alpha value is -2.28. The molecule has 136 valence electrons. The van der Waals surface area contributed by atoms with E-state index in [-0.39, 0.29) is 18.0 Å². The standard InChI is InChI=1S/C19H21N3O3S/c1-13-11-21-18(12-20-13)19(23)22-14-7-8-15(22)10-17(9-14)26(24,25)16-5-3-2-4-6-16/h2-6,11-12,14-15,17H,7-10H2,1H3/t14-,15-/m1/s1. The van der Waals surface area contributed by atoms with Crippen molar-refractivity contribution in [3.8, 4) is 0 Å². The number of fused-ring (bicyclic) bond motifs is 2. The van der Waals surface area contributed by atoms with Crippen LogP contribution in [0.25, 0.3) is 0 Å². The number of amides is 1. The second-order valence-electron chi connectivity index (χ2n) is 7.09. The number of benzene rings is 1. The van der Waals surface area contributed by atoms with Crippen molar-refractivity contribution in [2.24, 2.45) is 0 Å². The molecule has 2 aliphatic rings. The molecule has 0 aliphatic carbocycles. The van der Waals surface area contributed by atoms with E-state index in [1.165, 1.54) is 6.20 Å². The fraction of sp³-hybridized carbons (Fsp3) is 0.421. The van der Waals surface area contributed by atoms with E-state index >= 15 is 0 Å². The van der Waals surface area contributed by atoms with Crippen LogP contribution in [0.3, 0.4) is 0 Å². The minimum Gasteiger partial charge on any atom is -0.331 e. The quantitative estimate of drug-likeness (QED) is 0.828. The van der Waals surface area contributed by atoms with Crippen LogP contribution < -0.4 is 0 Å². The molecular formula is C19H21N3O3S. The minimum atomic E-state index is -3.37. The van der Waals surface area contributed by atoms with Crippen molar-refractivity contribution < 1.29 is 13.2 Å². The van der Waals surface area contributed by atoms with Gasteiger partial charge in [-0.2, -0.15) is 0 Å². The van der Waals surface area contributed by atoms with E-state index in [1.54, 1.807) is 30.5 Å². The fourth-order valence-corrected chi connectivity index (χ4v) is 6.02. The van der Waals surface area contributed by atoms with Crippen molar-refractivity contribution in [2.75, 3.05) is 0 Å². The maximum Gasteiger partial charge on any atom is 0.274 e. The number of carbonyl (C=O) groups is 1. The molecule has 26 heavy (non-hydrogen) atoms. The van der Waals surface area contributed by atoms with Gasteiger partial charge in [0.25, 0.3) is 5.91 Å². The van der Waals surface area contributed by atoms with Crippen molar-refractivity contribution in [1.82, 2.24) is 14.9 Å². The summed E-state index contributed by atoms with van der Waals surface area (Å²) in [4.78, 5) is 23.4. The molecule has 1 amide bonds. The van der Waals surface area contributed by atoms with Crippen LogP contribution in [0.1, 0.15) is 41.9 Å². The summed E-state index contributed by atoms with van der Waals surface area (Å²) in [5, 5.41) is -0.435. The van der Waals surface area contributed by atoms with Gasteiger partial charge in [-0.3, -0.25) is 9.78 Å². The summed E-state index contributed by atoms with van der Waals surface area (Å²) < 4.78 is 25.9. The molecular weight excluding hydrogens is 350 g/mol. The van der Waals surface area contributed by atoms with E-state index in [1.807, 2.05) is 17.9 Å². The summed E-state index contributed by atoms with van der Waals surface area (Å²) >= 11 is 0. The van der Waals surface area contributed by atoms with Gasteiger partial charge >= 0.3 is 0 Å². The number of carbonyl (C=O) groups excluding carboxylic acids is 1. The third kappa shape index (κ3) is 2.90. The number of hydrogen-bond acceptors (Lipinski definition) is 5. The second kappa shape index (κ2) is 6.46. The molecule has 0 saturated carbocycles. The summed E-state index contributed by atoms with van der Waals surface area (Å²) in [5.74, 6) is -0.138. The lowest BCUT2D eigenvalue weighted by Gasteiger charge is -2.38. The lowest BCUT2D eigenvalue weighted by atomic mass is 10.0. The van der Waals surface area contributed by atoms with Crippen LogP contribution in [0.2, 0.25) is 0 Å². The van der Waals surface area contributed by atoms with Gasteiger partial charge in [0, 0.05) is 18.3 Å². The Morgan fingerprint density at radius 3 is 2.27 bits per heavy atom. The van der Waals surface area contributed by atoms with E-state index < -0.39 is 15.1 Å². The Kier molecular flexibility index (Phi) is 4.26. The van der Waals surface area contributed by atoms with Crippen LogP contribution in [-0.4, -0.2) is 46.5 Å². The van der Waals surface area contributed by atoms with E-state index in [2.05, 4.69) is 9.97 Å². The van der Waals surface area contributed by atoms with E-state index in [9.17, 15) is 13.2 Å². The molecule has 2 fully saturated rings. The molecule has 1 aromatic carbocycles. The monoisotopic (exact) mass is 371 g/mol. The van der Waals surface area contributed by atoms with Crippen LogP contribution in [0, 0.1) is 6.92 Å². The number of nitrogens with zero attached hydrogens (tertiary/aromatic N) is 3. The highest BCUT2D eigenvalue weighted by Gasteiger charge is 2.47. The van der Waals surface area contributed by atoms with Crippen LogP contribution in [-0.2, 0) is 9.84 Å². The molecule has 0 spiro atoms. The minimum absolute atomic E-state index is 0.0483. The average molecular weight is 371 g/mol. The zero-order valence-corrected chi connectivity index (χ0v) is 15.4. The number of aryl methyl sites for hydroxylation is 1. The summed E-state index contributed by atoms with van der Waals surface area (Å²) in [6.45, 7) is 1.82. The first-order chi connectivity index (χ1) is 12.5. The Morgan fingerprint density at radius 1 is 1.04 bits per heavy atom. The van der Waals surface area contributed by atoms with Crippen molar-refractivity contribution in [2.45, 2.75) is 54.8 Å². The van der Waals surface area contributed by atoms with Crippen molar-refractivity contribution in [3.05, 3.63) is 54.1 Å². The molecule has 0 N–H and O–H groups in total. The van der Waals surface area contributed by atoms with Gasteiger partial charge in [-0.25, -0.2) is 13.4 Å². The van der Waals surface area contributed by atoms with Gasteiger partial charge in [0.05, 0.1) is 22.0 Å². The van der Waals surface area contributed by atoms with E-state index in [0.29, 0.717) is 23.4 Å². The SMILES string of the molecule is Cc1cnc(C(=O)N2[C@@H]3CC[C@@H]2CC(S(=O)(=O)c2ccccc2)C3)cn1. The summed E-state index contributed by atoms with van der Waals surface area (Å²) in [7, 11) is -3.37. The number of aromatic nitrogens is 2. The molecule has 2 bridgehead atoms. The van der Waals surface area contributed by atoms with Crippen LogP contribution in [0.4, 0.5) is 0 Å². The van der Waals surface area contributed by atoms with E-state index in [4.69, 9.17) is 0 Å². The molecule has 4 rings (SSSR count). The summed E-state index contributed by atoms with van der Waals surface area (Å²) in [5.41, 5.74) is 1.09. The highest BCUT2D eigenvalue weighted by molar-refractivity contribution is 7.92. The Labute approximate surface area is 153 Å². The number of sulfone groups is 1. The molecule has 2 atom stereocenters. The molecule has 2 aromatic rings. The molecule has 0 unspecified atom stereocenters. The lowest BCUT2D eigenvalue weighted by molar-refractivity contribution is 0.0591. The van der Waals surface area contributed by atoms with Crippen LogP contribution >= 0.6 is 0 Å². The third-order valence-electron chi connectivity index (χ3n) is 5.43. The predicted octanol–water partition coefficient (Wildman–Crippen LogP) is 2.39. The lowest BCUT2D eigenvalue weighted by Crippen LogP contribution is -2.49. The number of hydrogen-bond donors (Lipinski definition) is 0. The first-order valence-corrected chi connectivity index (χ1v) is 10.4. The van der Waals surface area contributed by atoms with Gasteiger partial charge in [-0.05, 0) is 44.7 Å². The molecule has 3 heterocycles. The Morgan fingerprint density at radius 2 is 1.69 bits per heavy atom. The average Bonchev–Trinajstić information content (AvgIpc) is 2.91. The Balaban J connectivity index is 1.56. The second-order valence-corrected chi connectivity index (χ2v) is 9.32. The zero-order valence-electron chi connectivity index (χ0n) is 14.6. The fourth-order valence-electron chi connectivity index (χ4n) is 4.15. The van der Waals surface area contributed by atoms with Gasteiger partial charge in [-0.1, -0.05) is 18.2 Å². The van der Waals surface area contributed by atoms with Gasteiger partial charge < -0.3 is 4.90 Å². The van der Waals surface area contributed by atoms with Gasteiger partial charge in [-0.15, -0.1) is 0 Å². The molecule has 7 heteroatoms. The topological polar surface area (TPSA) is 80.2 Å². The number of rotatable bonds is 3. The van der Waals surface area contributed by atoms with Crippen molar-refractivity contribution in [1.29, 1.82) is 0 Å². The predicted molar refractivity (Wildman–Crippen MR) is 96.4 cm³/mol. The largest absolute Gasteiger partial charge is 0.331 e. The van der Waals surface area contributed by atoms with Crippen LogP contribution in [0.15, 0.2) is 47.6 Å². The first-order valence-electron chi connectivity index (χ1n) is 8.87. The maximum atomic E-state index is 13.0. The van der Waals surface area contributed by atoms with Gasteiger partial charge in [0.2, 0.25) is 0 Å². The van der Waals surface area contributed by atoms with Crippen molar-refractivity contribution >= 4 is 15.7 Å². The van der Waals surface area contributed by atoms with E-state index in [0.717, 1.165) is 18.5 Å². The highest BCUT2D eigenvalue weighted by atomic mass is 32.2. The molecule has 1 aromatic heterocycles. The van der Waals surface area contributed by atoms with Gasteiger partial charge in [0.15, 0.2) is 9.84 Å². The zero-order chi connectivity index (χ0) is 18.3. The molecule has 6 nitrogen and oxygen atoms in total. The van der Waals surface area contributed by atoms with Gasteiger partial charge in [0.1, 0.15) is 5.69 Å². The molecule has 2 saturated heterocycles. The highest BCUT2D eigenvalue weighted by Crippen LogP contribution is 2.40. The smallest absolute Gasteiger partial charge is 0.274 e. The third-order valence-corrected chi connectivity index (χ3v) is 7.63. The van der Waals surface area contributed by atoms with Crippen molar-refractivity contribution in [3.63, 3.8) is 0 Å².